The molecule has 2 aliphatic heterocycles. The number of aromatic nitrogens is 2. The van der Waals surface area contributed by atoms with E-state index < -0.39 is 12.1 Å². The van der Waals surface area contributed by atoms with Crippen molar-refractivity contribution in [2.75, 3.05) is 17.3 Å². The van der Waals surface area contributed by atoms with Crippen LogP contribution in [-0.2, 0) is 0 Å². The fourth-order valence-corrected chi connectivity index (χ4v) is 3.38. The summed E-state index contributed by atoms with van der Waals surface area (Å²) in [6.45, 7) is 0. The van der Waals surface area contributed by atoms with Crippen molar-refractivity contribution in [1.82, 2.24) is 9.97 Å². The number of nitrogens with zero attached hydrogens (tertiary/aromatic N) is 11. The van der Waals surface area contributed by atoms with Crippen molar-refractivity contribution < 1.29 is 0 Å². The van der Waals surface area contributed by atoms with Gasteiger partial charge in [0.1, 0.15) is 46.7 Å². The first-order valence-corrected chi connectivity index (χ1v) is 8.50. The second-order valence-electron chi connectivity index (χ2n) is 6.33. The van der Waals surface area contributed by atoms with E-state index in [0.29, 0.717) is 0 Å². The lowest BCUT2D eigenvalue weighted by atomic mass is 10.0. The summed E-state index contributed by atoms with van der Waals surface area (Å²) in [6.07, 6.45) is 0. The summed E-state index contributed by atoms with van der Waals surface area (Å²) in [4.78, 5) is 18.5. The maximum atomic E-state index is 9.55. The highest BCUT2D eigenvalue weighted by atomic mass is 15.2. The maximum absolute atomic E-state index is 9.55. The fourth-order valence-electron chi connectivity index (χ4n) is 3.38. The van der Waals surface area contributed by atoms with Crippen molar-refractivity contribution in [3.8, 4) is 36.4 Å². The molecule has 0 fully saturated rings. The van der Waals surface area contributed by atoms with Gasteiger partial charge in [0, 0.05) is 7.05 Å². The Morgan fingerprint density at radius 1 is 0.774 bits per heavy atom. The van der Waals surface area contributed by atoms with Gasteiger partial charge < -0.3 is 10.2 Å². The Morgan fingerprint density at radius 2 is 1.39 bits per heavy atom. The zero-order chi connectivity index (χ0) is 22.3. The number of hydrogen-bond acceptors (Lipinski definition) is 12. The maximum Gasteiger partial charge on any atom is 0.177 e. The summed E-state index contributed by atoms with van der Waals surface area (Å²) in [5.41, 5.74) is 0.231. The third-order valence-electron chi connectivity index (χ3n) is 4.76. The molecule has 4 rings (SSSR count). The highest BCUT2D eigenvalue weighted by Gasteiger charge is 2.37. The minimum absolute atomic E-state index is 0.0997. The van der Waals surface area contributed by atoms with Crippen molar-refractivity contribution in [1.29, 1.82) is 31.6 Å². The molecule has 2 atom stereocenters. The number of fused-ring (bicyclic) bond motifs is 6. The third-order valence-corrected chi connectivity index (χ3v) is 4.76. The summed E-state index contributed by atoms with van der Waals surface area (Å²) < 4.78 is 0. The zero-order valence-electron chi connectivity index (χ0n) is 15.6. The van der Waals surface area contributed by atoms with E-state index in [4.69, 9.17) is 0 Å². The molecule has 0 bridgehead atoms. The lowest BCUT2D eigenvalue weighted by Crippen LogP contribution is -2.39. The lowest BCUT2D eigenvalue weighted by molar-refractivity contribution is 0.927. The van der Waals surface area contributed by atoms with Gasteiger partial charge in [-0.25, -0.2) is 20.0 Å². The second-order valence-corrected chi connectivity index (χ2v) is 6.33. The number of rotatable bonds is 0. The largest absolute Gasteiger partial charge is 0.361 e. The molecule has 0 aliphatic carbocycles. The van der Waals surface area contributed by atoms with Crippen LogP contribution in [0.4, 0.5) is 22.7 Å². The van der Waals surface area contributed by atoms with Crippen LogP contribution in [0.1, 0.15) is 11.4 Å². The standard InChI is InChI=1S/C19H6N12/c1-31-13(7-25)12(6-24)30-18-16-14(26-8(2-20)9(3-21)27-16)15-17(19(18)31)29-11(5-23)10(4-22)28-15/h8,13,26H,1H3. The van der Waals surface area contributed by atoms with Gasteiger partial charge in [0.15, 0.2) is 34.9 Å². The van der Waals surface area contributed by atoms with Gasteiger partial charge in [-0.15, -0.1) is 0 Å². The van der Waals surface area contributed by atoms with Crippen molar-refractivity contribution in [3.05, 3.63) is 11.4 Å². The first-order valence-electron chi connectivity index (χ1n) is 8.50. The summed E-state index contributed by atoms with van der Waals surface area (Å²) in [5.74, 6) is 0. The van der Waals surface area contributed by atoms with Crippen molar-refractivity contribution in [3.63, 3.8) is 0 Å². The monoisotopic (exact) mass is 402 g/mol. The van der Waals surface area contributed by atoms with E-state index in [1.54, 1.807) is 13.1 Å². The first kappa shape index (κ1) is 18.8. The molecule has 2 aromatic rings. The molecule has 2 unspecified atom stereocenters. The van der Waals surface area contributed by atoms with Gasteiger partial charge in [0.2, 0.25) is 0 Å². The number of nitrogens with one attached hydrogen (secondary N) is 1. The average Bonchev–Trinajstić information content (AvgIpc) is 2.81. The van der Waals surface area contributed by atoms with E-state index in [0.717, 1.165) is 0 Å². The van der Waals surface area contributed by atoms with Crippen LogP contribution in [0.3, 0.4) is 0 Å². The van der Waals surface area contributed by atoms with E-state index in [9.17, 15) is 31.6 Å². The smallest absolute Gasteiger partial charge is 0.177 e. The normalized spacial score (nSPS) is 18.2. The molecule has 142 valence electrons. The van der Waals surface area contributed by atoms with Gasteiger partial charge >= 0.3 is 0 Å². The SMILES string of the molecule is CN1c2c(c3c(c4nc(C#N)c(C#N)nc24)NC(C#N)C(C#N)=N3)N=C(C#N)C1C#N. The van der Waals surface area contributed by atoms with Crippen LogP contribution in [0.25, 0.3) is 11.0 Å². The van der Waals surface area contributed by atoms with Crippen LogP contribution < -0.4 is 10.2 Å². The molecular weight excluding hydrogens is 396 g/mol. The Bertz CT molecular complexity index is 1500. The van der Waals surface area contributed by atoms with Crippen molar-refractivity contribution in [2.24, 2.45) is 9.98 Å². The van der Waals surface area contributed by atoms with Crippen LogP contribution in [0, 0.1) is 68.0 Å². The Labute approximate surface area is 174 Å². The summed E-state index contributed by atoms with van der Waals surface area (Å²) in [5, 5.41) is 59.4. The minimum atomic E-state index is -1.09. The molecule has 1 aromatic heterocycles. The van der Waals surface area contributed by atoms with Gasteiger partial charge in [-0.2, -0.15) is 31.6 Å². The summed E-state index contributed by atoms with van der Waals surface area (Å²) >= 11 is 0. The summed E-state index contributed by atoms with van der Waals surface area (Å²) in [6, 6.07) is 9.13. The minimum Gasteiger partial charge on any atom is -0.361 e. The molecule has 0 radical (unpaired) electrons. The van der Waals surface area contributed by atoms with Crippen LogP contribution in [0.15, 0.2) is 9.98 Å². The van der Waals surface area contributed by atoms with Crippen LogP contribution in [0.2, 0.25) is 0 Å². The topological polar surface area (TPSA) is 209 Å². The van der Waals surface area contributed by atoms with Crippen LogP contribution >= 0.6 is 0 Å². The van der Waals surface area contributed by atoms with Gasteiger partial charge in [-0.1, -0.05) is 0 Å². The van der Waals surface area contributed by atoms with Crippen molar-refractivity contribution >= 4 is 45.2 Å². The quantitative estimate of drug-likeness (QED) is 0.665. The van der Waals surface area contributed by atoms with Gasteiger partial charge in [0.05, 0.1) is 23.5 Å². The third kappa shape index (κ3) is 2.48. The Morgan fingerprint density at radius 3 is 1.94 bits per heavy atom. The van der Waals surface area contributed by atoms with Crippen LogP contribution in [0.5, 0.6) is 0 Å². The molecule has 1 aromatic carbocycles. The molecule has 0 saturated carbocycles. The lowest BCUT2D eigenvalue weighted by Gasteiger charge is -2.32. The highest BCUT2D eigenvalue weighted by molar-refractivity contribution is 6.21. The number of hydrogen-bond donors (Lipinski definition) is 1. The Balaban J connectivity index is 2.25. The van der Waals surface area contributed by atoms with E-state index in [1.807, 2.05) is 30.3 Å². The van der Waals surface area contributed by atoms with Gasteiger partial charge in [-0.05, 0) is 0 Å². The van der Waals surface area contributed by atoms with Gasteiger partial charge in [-0.3, -0.25) is 0 Å². The molecule has 1 N–H and O–H groups in total. The average molecular weight is 402 g/mol. The van der Waals surface area contributed by atoms with Crippen molar-refractivity contribution in [2.45, 2.75) is 12.1 Å². The molecule has 12 heteroatoms. The van der Waals surface area contributed by atoms with E-state index in [2.05, 4.69) is 25.3 Å². The highest BCUT2D eigenvalue weighted by Crippen LogP contribution is 2.52. The predicted octanol–water partition coefficient (Wildman–Crippen LogP) is 1.22. The predicted molar refractivity (Wildman–Crippen MR) is 105 cm³/mol. The first-order chi connectivity index (χ1) is 15.0. The molecule has 0 saturated heterocycles. The number of anilines is 2. The van der Waals surface area contributed by atoms with E-state index in [-0.39, 0.29) is 56.6 Å². The van der Waals surface area contributed by atoms with Crippen LogP contribution in [-0.4, -0.2) is 40.5 Å². The number of aliphatic imine (C=N–C) groups is 2. The number of nitriles is 6. The van der Waals surface area contributed by atoms with E-state index >= 15 is 0 Å². The molecule has 3 heterocycles. The molecule has 12 nitrogen and oxygen atoms in total. The molecule has 31 heavy (non-hydrogen) atoms. The molecule has 0 amide bonds. The Hall–Kier alpha value is -5.56. The van der Waals surface area contributed by atoms with Gasteiger partial charge in [0.25, 0.3) is 0 Å². The summed E-state index contributed by atoms with van der Waals surface area (Å²) in [7, 11) is 1.54. The molecule has 2 aliphatic rings. The molecular formula is C19H6N12. The molecule has 0 spiro atoms. The Kier molecular flexibility index (Phi) is 4.12. The second kappa shape index (κ2) is 6.80. The zero-order valence-corrected chi connectivity index (χ0v) is 15.6. The van der Waals surface area contributed by atoms with E-state index in [1.165, 1.54) is 4.90 Å². The number of benzene rings is 1. The fraction of sp³-hybridized carbons (Fsp3) is 0.158.